The van der Waals surface area contributed by atoms with E-state index in [0.717, 1.165) is 10.5 Å². The molecular weight excluding hydrogens is 426 g/mol. The number of ether oxygens (including phenoxy) is 1. The van der Waals surface area contributed by atoms with Crippen LogP contribution in [0.2, 0.25) is 0 Å². The molecule has 10 nitrogen and oxygen atoms in total. The molecule has 0 fully saturated rings. The molecule has 1 aromatic carbocycles. The largest absolute Gasteiger partial charge is 0.444 e. The molecule has 0 heterocycles. The molecule has 0 aromatic heterocycles. The Morgan fingerprint density at radius 3 is 2.15 bits per heavy atom. The number of hydrogen-bond donors (Lipinski definition) is 3. The van der Waals surface area contributed by atoms with Crippen molar-refractivity contribution < 1.29 is 23.9 Å². The lowest BCUT2D eigenvalue weighted by Gasteiger charge is -2.33. The minimum Gasteiger partial charge on any atom is -0.444 e. The number of nitrogens with zero attached hydrogens (tertiary/aromatic N) is 2. The van der Waals surface area contributed by atoms with Gasteiger partial charge >= 0.3 is 6.09 Å². The number of carbonyl (C=O) groups is 4. The van der Waals surface area contributed by atoms with Crippen LogP contribution in [0.3, 0.4) is 0 Å². The Hall–Kier alpha value is -3.61. The highest BCUT2D eigenvalue weighted by molar-refractivity contribution is 5.94. The van der Waals surface area contributed by atoms with Crippen LogP contribution in [0.25, 0.3) is 0 Å². The third-order valence-electron chi connectivity index (χ3n) is 4.30. The summed E-state index contributed by atoms with van der Waals surface area (Å²) in [6.45, 7) is 9.86. The average Bonchev–Trinajstić information content (AvgIpc) is 2.65. The molecule has 180 valence electrons. The molecule has 0 saturated heterocycles. The molecule has 4 amide bonds. The number of benzene rings is 1. The normalized spacial score (nSPS) is 12.8. The fourth-order valence-corrected chi connectivity index (χ4v) is 3.01. The van der Waals surface area contributed by atoms with Gasteiger partial charge in [0.1, 0.15) is 24.2 Å². The Morgan fingerprint density at radius 1 is 1.12 bits per heavy atom. The zero-order chi connectivity index (χ0) is 25.3. The van der Waals surface area contributed by atoms with Crippen LogP contribution in [0, 0.1) is 18.3 Å². The van der Waals surface area contributed by atoms with Crippen LogP contribution in [0.5, 0.6) is 0 Å². The van der Waals surface area contributed by atoms with Crippen molar-refractivity contribution >= 4 is 23.8 Å². The van der Waals surface area contributed by atoms with Crippen LogP contribution in [0.4, 0.5) is 4.79 Å². The van der Waals surface area contributed by atoms with Gasteiger partial charge in [-0.2, -0.15) is 5.26 Å². The average molecular weight is 460 g/mol. The Bertz CT molecular complexity index is 899. The maximum absolute atomic E-state index is 13.5. The minimum atomic E-state index is -1.43. The van der Waals surface area contributed by atoms with Gasteiger partial charge in [-0.05, 0) is 47.1 Å². The topological polar surface area (TPSA) is 155 Å². The van der Waals surface area contributed by atoms with E-state index in [-0.39, 0.29) is 6.04 Å². The van der Waals surface area contributed by atoms with Crippen LogP contribution in [-0.4, -0.2) is 52.9 Å². The maximum atomic E-state index is 13.5. The van der Waals surface area contributed by atoms with Gasteiger partial charge in [-0.1, -0.05) is 29.8 Å². The summed E-state index contributed by atoms with van der Waals surface area (Å²) in [4.78, 5) is 51.5. The summed E-state index contributed by atoms with van der Waals surface area (Å²) in [5.74, 6) is -2.17. The number of nitriles is 1. The summed E-state index contributed by atoms with van der Waals surface area (Å²) in [6.07, 6.45) is -1.47. The molecule has 0 spiro atoms. The quantitative estimate of drug-likeness (QED) is 0.477. The molecule has 0 radical (unpaired) electrons. The first kappa shape index (κ1) is 27.4. The van der Waals surface area contributed by atoms with E-state index in [9.17, 15) is 24.4 Å². The van der Waals surface area contributed by atoms with Crippen molar-refractivity contribution in [2.45, 2.75) is 71.7 Å². The Morgan fingerprint density at radius 2 is 1.70 bits per heavy atom. The molecule has 4 N–H and O–H groups in total. The van der Waals surface area contributed by atoms with Crippen LogP contribution >= 0.6 is 0 Å². The van der Waals surface area contributed by atoms with Gasteiger partial charge < -0.3 is 26.0 Å². The van der Waals surface area contributed by atoms with Gasteiger partial charge in [-0.25, -0.2) is 4.79 Å². The number of carbonyl (C=O) groups excluding carboxylic acids is 4. The van der Waals surface area contributed by atoms with Gasteiger partial charge in [0.05, 0.1) is 12.5 Å². The molecule has 0 aliphatic carbocycles. The maximum Gasteiger partial charge on any atom is 0.408 e. The van der Waals surface area contributed by atoms with Crippen LogP contribution in [0.15, 0.2) is 24.3 Å². The molecule has 1 aromatic rings. The fraction of sp³-hybridized carbons (Fsp3) is 0.522. The number of aryl methyl sites for hydroxylation is 1. The number of hydrogen-bond acceptors (Lipinski definition) is 6. The highest BCUT2D eigenvalue weighted by atomic mass is 16.6. The minimum absolute atomic E-state index is 0.231. The van der Waals surface area contributed by atoms with E-state index in [0.29, 0.717) is 5.56 Å². The lowest BCUT2D eigenvalue weighted by Crippen LogP contribution is -2.54. The van der Waals surface area contributed by atoms with E-state index in [1.54, 1.807) is 58.9 Å². The van der Waals surface area contributed by atoms with Gasteiger partial charge in [0.15, 0.2) is 0 Å². The number of nitrogens with two attached hydrogens (primary N) is 1. The first-order chi connectivity index (χ1) is 15.2. The van der Waals surface area contributed by atoms with Gasteiger partial charge in [0.2, 0.25) is 17.7 Å². The van der Waals surface area contributed by atoms with Gasteiger partial charge in [0.25, 0.3) is 0 Å². The van der Waals surface area contributed by atoms with E-state index in [4.69, 9.17) is 10.5 Å². The Labute approximate surface area is 194 Å². The number of rotatable bonds is 9. The van der Waals surface area contributed by atoms with Crippen molar-refractivity contribution in [1.29, 1.82) is 5.26 Å². The zero-order valence-electron chi connectivity index (χ0n) is 20.0. The summed E-state index contributed by atoms with van der Waals surface area (Å²) < 4.78 is 5.18. The van der Waals surface area contributed by atoms with Crippen LogP contribution in [0.1, 0.15) is 58.2 Å². The van der Waals surface area contributed by atoms with Gasteiger partial charge in [-0.15, -0.1) is 0 Å². The molecule has 33 heavy (non-hydrogen) atoms. The van der Waals surface area contributed by atoms with Crippen molar-refractivity contribution in [1.82, 2.24) is 15.5 Å². The molecule has 0 bridgehead atoms. The van der Waals surface area contributed by atoms with Crippen molar-refractivity contribution in [2.24, 2.45) is 5.73 Å². The SMILES string of the molecule is Cc1ccc(C(C(=O)NC(C)C)N(CC#N)C(=O)C(CC(N)=O)NC(=O)OC(C)(C)C)cc1. The molecule has 0 aliphatic rings. The second kappa shape index (κ2) is 11.9. The van der Waals surface area contributed by atoms with Gasteiger partial charge in [-0.3, -0.25) is 14.4 Å². The van der Waals surface area contributed by atoms with Crippen LogP contribution in [-0.2, 0) is 19.1 Å². The Balaban J connectivity index is 3.41. The highest BCUT2D eigenvalue weighted by Gasteiger charge is 2.37. The monoisotopic (exact) mass is 459 g/mol. The molecule has 2 atom stereocenters. The lowest BCUT2D eigenvalue weighted by atomic mass is 10.0. The predicted molar refractivity (Wildman–Crippen MR) is 121 cm³/mol. The lowest BCUT2D eigenvalue weighted by molar-refractivity contribution is -0.142. The summed E-state index contributed by atoms with van der Waals surface area (Å²) in [5.41, 5.74) is 5.86. The van der Waals surface area contributed by atoms with E-state index in [1.165, 1.54) is 0 Å². The summed E-state index contributed by atoms with van der Waals surface area (Å²) >= 11 is 0. The number of primary amides is 1. The van der Waals surface area contributed by atoms with Crippen molar-refractivity contribution in [3.8, 4) is 6.07 Å². The number of nitrogens with one attached hydrogen (secondary N) is 2. The summed E-state index contributed by atoms with van der Waals surface area (Å²) in [7, 11) is 0. The van der Waals surface area contributed by atoms with E-state index in [2.05, 4.69) is 10.6 Å². The molecule has 0 saturated carbocycles. The second-order valence-corrected chi connectivity index (χ2v) is 8.97. The third kappa shape index (κ3) is 9.19. The van der Waals surface area contributed by atoms with Crippen molar-refractivity contribution in [2.75, 3.05) is 6.54 Å². The zero-order valence-corrected chi connectivity index (χ0v) is 20.0. The Kier molecular flexibility index (Phi) is 9.85. The molecule has 0 aliphatic heterocycles. The molecule has 10 heteroatoms. The molecule has 1 rings (SSSR count). The van der Waals surface area contributed by atoms with Crippen LogP contribution < -0.4 is 16.4 Å². The van der Waals surface area contributed by atoms with E-state index in [1.807, 2.05) is 13.0 Å². The van der Waals surface area contributed by atoms with Gasteiger partial charge in [0, 0.05) is 6.04 Å². The number of alkyl carbamates (subject to hydrolysis) is 1. The fourth-order valence-electron chi connectivity index (χ4n) is 3.01. The standard InChI is InChI=1S/C23H33N5O5/c1-14(2)26-20(30)19(16-9-7-15(3)8-10-16)28(12-11-24)21(31)17(13-18(25)29)27-22(32)33-23(4,5)6/h7-10,14,17,19H,12-13H2,1-6H3,(H2,25,29)(H,26,30)(H,27,32). The second-order valence-electron chi connectivity index (χ2n) is 8.97. The predicted octanol–water partition coefficient (Wildman–Crippen LogP) is 1.68. The van der Waals surface area contributed by atoms with Crippen molar-refractivity contribution in [3.63, 3.8) is 0 Å². The smallest absolute Gasteiger partial charge is 0.408 e. The third-order valence-corrected chi connectivity index (χ3v) is 4.30. The number of amides is 4. The van der Waals surface area contributed by atoms with E-state index < -0.39 is 54.5 Å². The summed E-state index contributed by atoms with van der Waals surface area (Å²) in [5, 5.41) is 14.5. The highest BCUT2D eigenvalue weighted by Crippen LogP contribution is 2.23. The van der Waals surface area contributed by atoms with Crippen molar-refractivity contribution in [3.05, 3.63) is 35.4 Å². The summed E-state index contributed by atoms with van der Waals surface area (Å²) in [6, 6.07) is 5.98. The first-order valence-corrected chi connectivity index (χ1v) is 10.6. The molecule has 2 unspecified atom stereocenters. The molecular formula is C23H33N5O5. The van der Waals surface area contributed by atoms with E-state index >= 15 is 0 Å². The first-order valence-electron chi connectivity index (χ1n) is 10.6.